The number of ether oxygens (including phenoxy) is 3. The van der Waals surface area contributed by atoms with Gasteiger partial charge in [-0.15, -0.1) is 0 Å². The maximum Gasteiger partial charge on any atom is 0.344 e. The largest absolute Gasteiger partial charge is 0.497 e. The summed E-state index contributed by atoms with van der Waals surface area (Å²) in [6, 6.07) is 5.22. The van der Waals surface area contributed by atoms with E-state index in [0.717, 1.165) is 30.8 Å². The SMILES string of the molecule is CC[C@]12C=CCN3CCC4(c5ccc(OC)cc5N(C)[C@H]4[C@@](O)(C(=O)OC)[C@@H]1OC(C)=O)[C@@H]32. The van der Waals surface area contributed by atoms with Crippen LogP contribution >= 0.6 is 0 Å². The number of aliphatic hydroxyl groups is 1. The predicted octanol–water partition coefficient (Wildman–Crippen LogP) is 1.64. The van der Waals surface area contributed by atoms with Gasteiger partial charge in [0.05, 0.1) is 20.3 Å². The number of benzene rings is 1. The first-order valence-electron chi connectivity index (χ1n) is 11.5. The summed E-state index contributed by atoms with van der Waals surface area (Å²) >= 11 is 0. The minimum absolute atomic E-state index is 0.0589. The highest BCUT2D eigenvalue weighted by Crippen LogP contribution is 2.67. The Morgan fingerprint density at radius 1 is 1.24 bits per heavy atom. The summed E-state index contributed by atoms with van der Waals surface area (Å²) < 4.78 is 16.6. The van der Waals surface area contributed by atoms with Gasteiger partial charge < -0.3 is 24.2 Å². The third-order valence-corrected chi connectivity index (χ3v) is 8.62. The van der Waals surface area contributed by atoms with Gasteiger partial charge in [0.2, 0.25) is 5.60 Å². The van der Waals surface area contributed by atoms with Gasteiger partial charge in [-0.1, -0.05) is 25.1 Å². The van der Waals surface area contributed by atoms with Crippen molar-refractivity contribution < 1.29 is 28.9 Å². The molecule has 0 radical (unpaired) electrons. The van der Waals surface area contributed by atoms with Crippen molar-refractivity contribution in [3.63, 3.8) is 0 Å². The summed E-state index contributed by atoms with van der Waals surface area (Å²) in [5.41, 5.74) is -1.41. The van der Waals surface area contributed by atoms with E-state index >= 15 is 0 Å². The summed E-state index contributed by atoms with van der Waals surface area (Å²) in [5.74, 6) is -0.617. The second kappa shape index (κ2) is 7.21. The molecule has 8 nitrogen and oxygen atoms in total. The molecular formula is C25H32N2O6. The van der Waals surface area contributed by atoms with Crippen LogP contribution < -0.4 is 9.64 Å². The van der Waals surface area contributed by atoms with Gasteiger partial charge in [-0.25, -0.2) is 4.79 Å². The van der Waals surface area contributed by atoms with Crippen molar-refractivity contribution in [1.82, 2.24) is 4.90 Å². The number of esters is 2. The van der Waals surface area contributed by atoms with Crippen LogP contribution in [0.25, 0.3) is 0 Å². The molecule has 1 aliphatic carbocycles. The topological polar surface area (TPSA) is 88.5 Å². The Labute approximate surface area is 194 Å². The fourth-order valence-corrected chi connectivity index (χ4v) is 7.68. The number of methoxy groups -OCH3 is 2. The van der Waals surface area contributed by atoms with Crippen LogP contribution in [0.2, 0.25) is 0 Å². The monoisotopic (exact) mass is 456 g/mol. The lowest BCUT2D eigenvalue weighted by Crippen LogP contribution is -2.81. The summed E-state index contributed by atoms with van der Waals surface area (Å²) in [4.78, 5) is 30.2. The summed E-state index contributed by atoms with van der Waals surface area (Å²) in [6.45, 7) is 4.94. The Balaban J connectivity index is 1.86. The molecule has 3 aliphatic heterocycles. The van der Waals surface area contributed by atoms with Crippen molar-refractivity contribution in [2.75, 3.05) is 39.3 Å². The molecule has 33 heavy (non-hydrogen) atoms. The van der Waals surface area contributed by atoms with Gasteiger partial charge in [0, 0.05) is 49.1 Å². The third-order valence-electron chi connectivity index (χ3n) is 8.62. The van der Waals surface area contributed by atoms with E-state index in [1.54, 1.807) is 7.11 Å². The first kappa shape index (κ1) is 22.2. The number of fused-ring (bicyclic) bond motifs is 1. The third kappa shape index (κ3) is 2.48. The van der Waals surface area contributed by atoms with Gasteiger partial charge in [-0.2, -0.15) is 0 Å². The van der Waals surface area contributed by atoms with E-state index in [0.29, 0.717) is 12.2 Å². The van der Waals surface area contributed by atoms with Gasteiger partial charge in [0.15, 0.2) is 6.10 Å². The van der Waals surface area contributed by atoms with Crippen LogP contribution in [0.1, 0.15) is 32.3 Å². The molecule has 0 bridgehead atoms. The van der Waals surface area contributed by atoms with Crippen LogP contribution in [-0.4, -0.2) is 80.1 Å². The first-order chi connectivity index (χ1) is 15.7. The second-order valence-electron chi connectivity index (χ2n) is 9.76. The molecule has 3 heterocycles. The minimum atomic E-state index is -2.08. The molecule has 0 aromatic heterocycles. The number of anilines is 1. The number of nitrogens with zero attached hydrogens (tertiary/aromatic N) is 2. The van der Waals surface area contributed by atoms with E-state index in [4.69, 9.17) is 14.2 Å². The smallest absolute Gasteiger partial charge is 0.344 e. The van der Waals surface area contributed by atoms with E-state index in [-0.39, 0.29) is 6.04 Å². The van der Waals surface area contributed by atoms with Crippen molar-refractivity contribution in [2.24, 2.45) is 5.41 Å². The average Bonchev–Trinajstić information content (AvgIpc) is 3.32. The van der Waals surface area contributed by atoms with E-state index in [1.807, 2.05) is 31.0 Å². The number of hydrogen-bond donors (Lipinski definition) is 1. The van der Waals surface area contributed by atoms with E-state index < -0.39 is 40.5 Å². The molecule has 0 amide bonds. The standard InChI is InChI=1S/C25H32N2O6/c1-6-23-10-7-12-27-13-11-24(19(23)27)17-9-8-16(31-4)14-18(17)26(3)20(24)25(30,22(29)32-5)21(23)33-15(2)28/h7-10,14,19-21,30H,6,11-13H2,1-5H3/t19-,20+,21+,23+,24?,25-/m0/s1. The molecule has 1 saturated carbocycles. The van der Waals surface area contributed by atoms with Gasteiger partial charge in [-0.3, -0.25) is 9.69 Å². The molecule has 5 rings (SSSR count). The molecule has 6 atom stereocenters. The summed E-state index contributed by atoms with van der Waals surface area (Å²) in [7, 11) is 4.77. The van der Waals surface area contributed by atoms with E-state index in [1.165, 1.54) is 14.0 Å². The highest BCUT2D eigenvalue weighted by molar-refractivity contribution is 5.87. The quantitative estimate of drug-likeness (QED) is 0.541. The molecule has 1 saturated heterocycles. The molecule has 1 spiro atoms. The molecule has 1 N–H and O–H groups in total. The normalized spacial score (nSPS) is 38.4. The zero-order valence-electron chi connectivity index (χ0n) is 19.8. The number of likely N-dealkylation sites (N-methyl/N-ethyl adjacent to an activating group) is 1. The lowest BCUT2D eigenvalue weighted by atomic mass is 9.47. The molecule has 4 aliphatic rings. The van der Waals surface area contributed by atoms with Crippen LogP contribution in [0.15, 0.2) is 30.4 Å². The van der Waals surface area contributed by atoms with Gasteiger partial charge >= 0.3 is 11.9 Å². The molecule has 1 aromatic carbocycles. The number of carbonyl (C=O) groups excluding carboxylic acids is 2. The van der Waals surface area contributed by atoms with Crippen molar-refractivity contribution in [3.05, 3.63) is 35.9 Å². The zero-order chi connectivity index (χ0) is 23.8. The van der Waals surface area contributed by atoms with Gasteiger partial charge in [0.25, 0.3) is 0 Å². The maximum atomic E-state index is 13.5. The first-order valence-corrected chi connectivity index (χ1v) is 11.5. The maximum absolute atomic E-state index is 13.5. The Kier molecular flexibility index (Phi) is 4.85. The van der Waals surface area contributed by atoms with Gasteiger partial charge in [-0.05, 0) is 31.0 Å². The van der Waals surface area contributed by atoms with E-state index in [9.17, 15) is 14.7 Å². The predicted molar refractivity (Wildman–Crippen MR) is 121 cm³/mol. The van der Waals surface area contributed by atoms with E-state index in [2.05, 4.69) is 23.1 Å². The summed E-state index contributed by atoms with van der Waals surface area (Å²) in [6.07, 6.45) is 4.40. The van der Waals surface area contributed by atoms with Crippen molar-refractivity contribution in [2.45, 2.75) is 55.9 Å². The van der Waals surface area contributed by atoms with Crippen LogP contribution in [0.5, 0.6) is 5.75 Å². The number of rotatable bonds is 4. The van der Waals surface area contributed by atoms with Crippen molar-refractivity contribution in [3.8, 4) is 5.75 Å². The minimum Gasteiger partial charge on any atom is -0.497 e. The fourth-order valence-electron chi connectivity index (χ4n) is 7.68. The van der Waals surface area contributed by atoms with Crippen LogP contribution in [0.4, 0.5) is 5.69 Å². The Hall–Kier alpha value is -2.58. The lowest BCUT2D eigenvalue weighted by molar-refractivity contribution is -0.228. The van der Waals surface area contributed by atoms with Crippen LogP contribution in [0, 0.1) is 5.41 Å². The average molecular weight is 457 g/mol. The fraction of sp³-hybridized carbons (Fsp3) is 0.600. The lowest BCUT2D eigenvalue weighted by Gasteiger charge is -2.63. The molecule has 178 valence electrons. The van der Waals surface area contributed by atoms with Crippen LogP contribution in [0.3, 0.4) is 0 Å². The Morgan fingerprint density at radius 2 is 2.00 bits per heavy atom. The highest BCUT2D eigenvalue weighted by atomic mass is 16.6. The molecule has 1 aromatic rings. The Morgan fingerprint density at radius 3 is 2.64 bits per heavy atom. The highest BCUT2D eigenvalue weighted by Gasteiger charge is 2.80. The van der Waals surface area contributed by atoms with Crippen molar-refractivity contribution >= 4 is 17.6 Å². The van der Waals surface area contributed by atoms with Gasteiger partial charge in [0.1, 0.15) is 5.75 Å². The zero-order valence-corrected chi connectivity index (χ0v) is 19.8. The van der Waals surface area contributed by atoms with Crippen molar-refractivity contribution in [1.29, 1.82) is 0 Å². The molecular weight excluding hydrogens is 424 g/mol. The molecule has 1 unspecified atom stereocenters. The summed E-state index contributed by atoms with van der Waals surface area (Å²) in [5, 5.41) is 12.5. The molecule has 8 heteroatoms. The van der Waals surface area contributed by atoms with Crippen LogP contribution in [-0.2, 0) is 24.5 Å². The second-order valence-corrected chi connectivity index (χ2v) is 9.76. The Bertz CT molecular complexity index is 1040. The molecule has 2 fully saturated rings. The number of hydrogen-bond acceptors (Lipinski definition) is 8. The number of carbonyl (C=O) groups is 2.